The van der Waals surface area contributed by atoms with E-state index in [9.17, 15) is 8.42 Å². The summed E-state index contributed by atoms with van der Waals surface area (Å²) in [7, 11) is -3.06. The van der Waals surface area contributed by atoms with Gasteiger partial charge < -0.3 is 10.6 Å². The third kappa shape index (κ3) is 3.27. The number of hydrogen-bond donors (Lipinski definition) is 2. The molecule has 5 nitrogen and oxygen atoms in total. The van der Waals surface area contributed by atoms with Crippen molar-refractivity contribution in [1.29, 1.82) is 0 Å². The molecule has 0 unspecified atom stereocenters. The Bertz CT molecular complexity index is 584. The Morgan fingerprint density at radius 3 is 2.78 bits per heavy atom. The Hall–Kier alpha value is -0.990. The van der Waals surface area contributed by atoms with Gasteiger partial charge in [0.25, 0.3) is 0 Å². The average molecular weight is 303 g/mol. The first-order valence-corrected chi connectivity index (χ1v) is 8.22. The molecule has 0 radical (unpaired) electrons. The lowest BCUT2D eigenvalue weighted by atomic mass is 10.3. The van der Waals surface area contributed by atoms with Gasteiger partial charge in [0, 0.05) is 10.3 Å². The van der Waals surface area contributed by atoms with Crippen LogP contribution in [0.25, 0.3) is 0 Å². The van der Waals surface area contributed by atoms with Crippen molar-refractivity contribution in [3.63, 3.8) is 0 Å². The second kappa shape index (κ2) is 4.94. The Morgan fingerprint density at radius 2 is 2.28 bits per heavy atom. The second-order valence-electron chi connectivity index (χ2n) is 4.02. The number of hydrogen-bond acceptors (Lipinski definition) is 5. The Labute approximate surface area is 115 Å². The number of aromatic nitrogens is 1. The molecule has 2 N–H and O–H groups in total. The molecule has 2 heterocycles. The molecule has 0 saturated carbocycles. The molecule has 8 heteroatoms. The van der Waals surface area contributed by atoms with E-state index in [1.54, 1.807) is 6.08 Å². The van der Waals surface area contributed by atoms with E-state index in [1.807, 2.05) is 13.8 Å². The normalized spacial score (nSPS) is 20.9. The van der Waals surface area contributed by atoms with Crippen molar-refractivity contribution in [2.75, 3.05) is 11.1 Å². The highest BCUT2D eigenvalue weighted by atomic mass is 32.2. The van der Waals surface area contributed by atoms with E-state index < -0.39 is 9.84 Å². The summed E-state index contributed by atoms with van der Waals surface area (Å²) in [5, 5.41) is 8.20. The summed E-state index contributed by atoms with van der Waals surface area (Å²) in [6.45, 7) is 3.92. The van der Waals surface area contributed by atoms with E-state index >= 15 is 0 Å². The highest BCUT2D eigenvalue weighted by Gasteiger charge is 2.22. The molecule has 2 rings (SSSR count). The van der Waals surface area contributed by atoms with Gasteiger partial charge in [-0.25, -0.2) is 13.4 Å². The van der Waals surface area contributed by atoms with Crippen LogP contribution in [0.2, 0.25) is 0 Å². The zero-order chi connectivity index (χ0) is 13.3. The quantitative estimate of drug-likeness (QED) is 0.804. The molecule has 0 spiro atoms. The molecule has 0 bridgehead atoms. The van der Waals surface area contributed by atoms with Crippen LogP contribution < -0.4 is 10.6 Å². The first-order valence-electron chi connectivity index (χ1n) is 5.28. The van der Waals surface area contributed by atoms with Crippen LogP contribution in [0, 0.1) is 13.8 Å². The summed E-state index contributed by atoms with van der Waals surface area (Å²) >= 11 is 6.63. The molecule has 1 aromatic rings. The summed E-state index contributed by atoms with van der Waals surface area (Å²) in [5.41, 5.74) is 0.966. The summed E-state index contributed by atoms with van der Waals surface area (Å²) < 4.78 is 22.5. The van der Waals surface area contributed by atoms with Crippen LogP contribution in [0.5, 0.6) is 0 Å². The number of nitrogens with zero attached hydrogens (tertiary/aromatic N) is 1. The van der Waals surface area contributed by atoms with Crippen LogP contribution in [0.1, 0.15) is 10.6 Å². The predicted octanol–water partition coefficient (Wildman–Crippen LogP) is 1.36. The number of sulfone groups is 1. The Balaban J connectivity index is 1.92. The van der Waals surface area contributed by atoms with Gasteiger partial charge in [0.05, 0.1) is 17.5 Å². The number of nitrogens with one attached hydrogen (secondary N) is 2. The molecule has 1 atom stereocenters. The SMILES string of the molecule is Cc1nc(NC(=S)N[C@@H]2C=CS(=O)(=O)C2)sc1C. The molecule has 18 heavy (non-hydrogen) atoms. The van der Waals surface area contributed by atoms with Gasteiger partial charge in [0.2, 0.25) is 0 Å². The van der Waals surface area contributed by atoms with Gasteiger partial charge in [-0.3, -0.25) is 0 Å². The van der Waals surface area contributed by atoms with E-state index in [0.717, 1.165) is 10.6 Å². The van der Waals surface area contributed by atoms with Crippen LogP contribution in [0.4, 0.5) is 5.13 Å². The fourth-order valence-electron chi connectivity index (χ4n) is 1.49. The summed E-state index contributed by atoms with van der Waals surface area (Å²) in [5.74, 6) is 0.0464. The van der Waals surface area contributed by atoms with Crippen molar-refractivity contribution < 1.29 is 8.42 Å². The minimum absolute atomic E-state index is 0.0464. The third-order valence-electron chi connectivity index (χ3n) is 2.50. The van der Waals surface area contributed by atoms with E-state index in [1.165, 1.54) is 16.7 Å². The Morgan fingerprint density at radius 1 is 1.56 bits per heavy atom. The largest absolute Gasteiger partial charge is 0.355 e. The van der Waals surface area contributed by atoms with Crippen LogP contribution in [-0.4, -0.2) is 30.3 Å². The highest BCUT2D eigenvalue weighted by molar-refractivity contribution is 7.94. The molecule has 0 amide bonds. The monoisotopic (exact) mass is 303 g/mol. The van der Waals surface area contributed by atoms with Crippen LogP contribution in [0.15, 0.2) is 11.5 Å². The van der Waals surface area contributed by atoms with E-state index in [0.29, 0.717) is 10.2 Å². The fraction of sp³-hybridized carbons (Fsp3) is 0.400. The lowest BCUT2D eigenvalue weighted by Crippen LogP contribution is -2.38. The number of anilines is 1. The zero-order valence-corrected chi connectivity index (χ0v) is 12.4. The molecule has 1 aliphatic heterocycles. The smallest absolute Gasteiger partial charge is 0.189 e. The lowest BCUT2D eigenvalue weighted by Gasteiger charge is -2.12. The molecule has 0 aromatic carbocycles. The molecule has 1 aliphatic rings. The van der Waals surface area contributed by atoms with Gasteiger partial charge in [0.15, 0.2) is 20.1 Å². The van der Waals surface area contributed by atoms with Gasteiger partial charge >= 0.3 is 0 Å². The molecule has 1 aromatic heterocycles. The fourth-order valence-corrected chi connectivity index (χ4v) is 3.86. The first-order chi connectivity index (χ1) is 8.35. The van der Waals surface area contributed by atoms with E-state index in [4.69, 9.17) is 12.2 Å². The number of aryl methyl sites for hydroxylation is 2. The maximum absolute atomic E-state index is 11.2. The number of thiocarbonyl (C=S) groups is 1. The van der Waals surface area contributed by atoms with Crippen LogP contribution in [0.3, 0.4) is 0 Å². The van der Waals surface area contributed by atoms with Crippen LogP contribution in [-0.2, 0) is 9.84 Å². The van der Waals surface area contributed by atoms with Gasteiger partial charge in [-0.05, 0) is 32.1 Å². The minimum atomic E-state index is -3.06. The summed E-state index contributed by atoms with van der Waals surface area (Å²) in [4.78, 5) is 5.43. The van der Waals surface area contributed by atoms with Gasteiger partial charge in [-0.1, -0.05) is 0 Å². The second-order valence-corrected chi connectivity index (χ2v) is 7.57. The molecular formula is C10H13N3O2S3. The van der Waals surface area contributed by atoms with Crippen molar-refractivity contribution >= 4 is 43.6 Å². The maximum Gasteiger partial charge on any atom is 0.189 e. The summed E-state index contributed by atoms with van der Waals surface area (Å²) in [6.07, 6.45) is 1.60. The summed E-state index contributed by atoms with van der Waals surface area (Å²) in [6, 6.07) is -0.267. The molecule has 98 valence electrons. The predicted molar refractivity (Wildman–Crippen MR) is 77.7 cm³/mol. The standard InChI is InChI=1S/C10H13N3O2S3/c1-6-7(2)17-10(11-6)13-9(16)12-8-3-4-18(14,15)5-8/h3-4,8H,5H2,1-2H3,(H2,11,12,13,16)/t8-/m1/s1. The average Bonchev–Trinajstić information content (AvgIpc) is 2.71. The van der Waals surface area contributed by atoms with Crippen molar-refractivity contribution in [3.05, 3.63) is 22.1 Å². The van der Waals surface area contributed by atoms with E-state index in [-0.39, 0.29) is 11.8 Å². The first kappa shape index (κ1) is 13.4. The van der Waals surface area contributed by atoms with Crippen molar-refractivity contribution in [3.8, 4) is 0 Å². The molecule has 0 saturated heterocycles. The van der Waals surface area contributed by atoms with Crippen molar-refractivity contribution in [2.45, 2.75) is 19.9 Å². The number of rotatable bonds is 2. The zero-order valence-electron chi connectivity index (χ0n) is 9.93. The molecular weight excluding hydrogens is 290 g/mol. The minimum Gasteiger partial charge on any atom is -0.355 e. The maximum atomic E-state index is 11.2. The van der Waals surface area contributed by atoms with E-state index in [2.05, 4.69) is 15.6 Å². The van der Waals surface area contributed by atoms with Gasteiger partial charge in [0.1, 0.15) is 0 Å². The van der Waals surface area contributed by atoms with Crippen molar-refractivity contribution in [1.82, 2.24) is 10.3 Å². The van der Waals surface area contributed by atoms with Gasteiger partial charge in [-0.2, -0.15) is 0 Å². The van der Waals surface area contributed by atoms with Gasteiger partial charge in [-0.15, -0.1) is 11.3 Å². The molecule has 0 aliphatic carbocycles. The van der Waals surface area contributed by atoms with Crippen molar-refractivity contribution in [2.24, 2.45) is 0 Å². The number of thiazole rings is 1. The van der Waals surface area contributed by atoms with Crippen LogP contribution >= 0.6 is 23.6 Å². The highest BCUT2D eigenvalue weighted by Crippen LogP contribution is 2.21. The third-order valence-corrected chi connectivity index (χ3v) is 5.10. The lowest BCUT2D eigenvalue weighted by molar-refractivity contribution is 0.603. The topological polar surface area (TPSA) is 71.1 Å². The molecule has 0 fully saturated rings. The Kier molecular flexibility index (Phi) is 3.69.